The molecule has 2 aliphatic rings. The van der Waals surface area contributed by atoms with Crippen LogP contribution in [0.15, 0.2) is 22.7 Å². The van der Waals surface area contributed by atoms with Crippen molar-refractivity contribution in [2.75, 3.05) is 18.1 Å². The van der Waals surface area contributed by atoms with Crippen molar-refractivity contribution >= 4 is 38.8 Å². The van der Waals surface area contributed by atoms with Crippen LogP contribution in [0.3, 0.4) is 0 Å². The summed E-state index contributed by atoms with van der Waals surface area (Å²) in [5, 5.41) is 0. The standard InChI is InChI=1S/C14H17BrN2OS/c15-9-4-5-11(10(8-9)14(16)19)17-6-7-18-13-3-1-2-12(13)17/h4-5,8,12-13H,1-3,6-7H2,(H2,16,19). The van der Waals surface area contributed by atoms with Gasteiger partial charge in [-0.15, -0.1) is 0 Å². The van der Waals surface area contributed by atoms with E-state index in [0.29, 0.717) is 17.1 Å². The number of halogens is 1. The number of fused-ring (bicyclic) bond motifs is 1. The highest BCUT2D eigenvalue weighted by Gasteiger charge is 2.36. The summed E-state index contributed by atoms with van der Waals surface area (Å²) in [4.78, 5) is 2.89. The summed E-state index contributed by atoms with van der Waals surface area (Å²) in [6.07, 6.45) is 3.97. The Kier molecular flexibility index (Phi) is 3.78. The molecule has 2 fully saturated rings. The number of rotatable bonds is 2. The number of morpholine rings is 1. The first kappa shape index (κ1) is 13.3. The fourth-order valence-electron chi connectivity index (χ4n) is 3.18. The molecule has 3 rings (SSSR count). The van der Waals surface area contributed by atoms with Gasteiger partial charge >= 0.3 is 0 Å². The number of thiocarbonyl (C=S) groups is 1. The van der Waals surface area contributed by atoms with Gasteiger partial charge in [0.2, 0.25) is 0 Å². The van der Waals surface area contributed by atoms with Crippen LogP contribution in [0.25, 0.3) is 0 Å². The van der Waals surface area contributed by atoms with Crippen molar-refractivity contribution in [2.24, 2.45) is 5.73 Å². The smallest absolute Gasteiger partial charge is 0.106 e. The van der Waals surface area contributed by atoms with Gasteiger partial charge in [0.25, 0.3) is 0 Å². The average Bonchev–Trinajstić information content (AvgIpc) is 2.86. The monoisotopic (exact) mass is 340 g/mol. The van der Waals surface area contributed by atoms with E-state index in [9.17, 15) is 0 Å². The van der Waals surface area contributed by atoms with E-state index in [1.165, 1.54) is 19.3 Å². The molecule has 1 aliphatic heterocycles. The summed E-state index contributed by atoms with van der Waals surface area (Å²) in [5.41, 5.74) is 7.98. The number of anilines is 1. The van der Waals surface area contributed by atoms with Gasteiger partial charge in [0.05, 0.1) is 18.8 Å². The van der Waals surface area contributed by atoms with Crippen molar-refractivity contribution in [1.29, 1.82) is 0 Å². The maximum atomic E-state index is 5.88. The van der Waals surface area contributed by atoms with Gasteiger partial charge in [-0.3, -0.25) is 0 Å². The lowest BCUT2D eigenvalue weighted by atomic mass is 10.1. The Balaban J connectivity index is 1.98. The van der Waals surface area contributed by atoms with Gasteiger partial charge in [0.1, 0.15) is 4.99 Å². The molecule has 2 atom stereocenters. The van der Waals surface area contributed by atoms with Crippen LogP contribution in [0.1, 0.15) is 24.8 Å². The summed E-state index contributed by atoms with van der Waals surface area (Å²) in [7, 11) is 0. The topological polar surface area (TPSA) is 38.5 Å². The van der Waals surface area contributed by atoms with E-state index in [-0.39, 0.29) is 0 Å². The molecular formula is C14H17BrN2OS. The van der Waals surface area contributed by atoms with Crippen molar-refractivity contribution in [3.05, 3.63) is 28.2 Å². The maximum absolute atomic E-state index is 5.88. The third-order valence-corrected chi connectivity index (χ3v) is 4.73. The van der Waals surface area contributed by atoms with E-state index in [4.69, 9.17) is 22.7 Å². The molecule has 1 saturated heterocycles. The SMILES string of the molecule is NC(=S)c1cc(Br)ccc1N1CCOC2CCCC21. The van der Waals surface area contributed by atoms with E-state index >= 15 is 0 Å². The summed E-state index contributed by atoms with van der Waals surface area (Å²) < 4.78 is 6.87. The number of hydrogen-bond donors (Lipinski definition) is 1. The maximum Gasteiger partial charge on any atom is 0.106 e. The zero-order chi connectivity index (χ0) is 13.4. The first-order valence-electron chi connectivity index (χ1n) is 6.64. The predicted molar refractivity (Wildman–Crippen MR) is 84.8 cm³/mol. The van der Waals surface area contributed by atoms with Crippen LogP contribution < -0.4 is 10.6 Å². The van der Waals surface area contributed by atoms with Crippen molar-refractivity contribution in [3.63, 3.8) is 0 Å². The zero-order valence-corrected chi connectivity index (χ0v) is 13.0. The second kappa shape index (κ2) is 5.38. The highest BCUT2D eigenvalue weighted by atomic mass is 79.9. The highest BCUT2D eigenvalue weighted by Crippen LogP contribution is 2.35. The van der Waals surface area contributed by atoms with Gasteiger partial charge in [-0.25, -0.2) is 0 Å². The van der Waals surface area contributed by atoms with E-state index < -0.39 is 0 Å². The second-order valence-electron chi connectivity index (χ2n) is 5.13. The zero-order valence-electron chi connectivity index (χ0n) is 10.6. The molecule has 102 valence electrons. The largest absolute Gasteiger partial charge is 0.389 e. The minimum atomic E-state index is 0.372. The molecule has 0 aromatic heterocycles. The second-order valence-corrected chi connectivity index (χ2v) is 6.48. The molecule has 1 heterocycles. The number of nitrogens with zero attached hydrogens (tertiary/aromatic N) is 1. The molecule has 3 nitrogen and oxygen atoms in total. The first-order chi connectivity index (χ1) is 9.16. The molecule has 0 bridgehead atoms. The molecule has 1 aromatic carbocycles. The minimum absolute atomic E-state index is 0.372. The quantitative estimate of drug-likeness (QED) is 0.840. The van der Waals surface area contributed by atoms with Crippen LogP contribution in [0, 0.1) is 0 Å². The van der Waals surface area contributed by atoms with Gasteiger partial charge < -0.3 is 15.4 Å². The van der Waals surface area contributed by atoms with Crippen LogP contribution >= 0.6 is 28.1 Å². The Morgan fingerprint density at radius 2 is 2.26 bits per heavy atom. The van der Waals surface area contributed by atoms with Crippen molar-refractivity contribution < 1.29 is 4.74 Å². The lowest BCUT2D eigenvalue weighted by Gasteiger charge is -2.40. The van der Waals surface area contributed by atoms with Crippen LogP contribution in [0.2, 0.25) is 0 Å². The van der Waals surface area contributed by atoms with Gasteiger partial charge in [-0.05, 0) is 37.5 Å². The molecule has 5 heteroatoms. The third kappa shape index (κ3) is 2.51. The molecule has 1 aromatic rings. The summed E-state index contributed by atoms with van der Waals surface area (Å²) in [6.45, 7) is 1.70. The van der Waals surface area contributed by atoms with E-state index in [2.05, 4.69) is 33.0 Å². The molecule has 2 N–H and O–H groups in total. The number of nitrogens with two attached hydrogens (primary N) is 1. The number of benzene rings is 1. The Bertz CT molecular complexity index is 508. The van der Waals surface area contributed by atoms with Crippen LogP contribution in [-0.2, 0) is 4.74 Å². The minimum Gasteiger partial charge on any atom is -0.389 e. The lowest BCUT2D eigenvalue weighted by Crippen LogP contribution is -2.49. The molecule has 0 spiro atoms. The van der Waals surface area contributed by atoms with Gasteiger partial charge in [-0.1, -0.05) is 28.1 Å². The van der Waals surface area contributed by atoms with Crippen LogP contribution in [0.4, 0.5) is 5.69 Å². The molecule has 2 unspecified atom stereocenters. The lowest BCUT2D eigenvalue weighted by molar-refractivity contribution is 0.0256. The Morgan fingerprint density at radius 1 is 1.42 bits per heavy atom. The molecule has 1 saturated carbocycles. The Morgan fingerprint density at radius 3 is 3.05 bits per heavy atom. The Hall–Kier alpha value is -0.650. The fourth-order valence-corrected chi connectivity index (χ4v) is 3.71. The summed E-state index contributed by atoms with van der Waals surface area (Å²) in [5.74, 6) is 0. The predicted octanol–water partition coefficient (Wildman–Crippen LogP) is 2.84. The van der Waals surface area contributed by atoms with Crippen molar-refractivity contribution in [3.8, 4) is 0 Å². The molecule has 0 amide bonds. The van der Waals surface area contributed by atoms with Crippen molar-refractivity contribution in [1.82, 2.24) is 0 Å². The molecule has 0 radical (unpaired) electrons. The summed E-state index contributed by atoms with van der Waals surface area (Å²) >= 11 is 8.68. The average molecular weight is 341 g/mol. The highest BCUT2D eigenvalue weighted by molar-refractivity contribution is 9.10. The van der Waals surface area contributed by atoms with Crippen molar-refractivity contribution in [2.45, 2.75) is 31.4 Å². The normalized spacial score (nSPS) is 26.3. The van der Waals surface area contributed by atoms with Crippen LogP contribution in [0.5, 0.6) is 0 Å². The van der Waals surface area contributed by atoms with E-state index in [1.54, 1.807) is 0 Å². The van der Waals surface area contributed by atoms with Gasteiger partial charge in [-0.2, -0.15) is 0 Å². The van der Waals surface area contributed by atoms with E-state index in [1.807, 2.05) is 6.07 Å². The molecular weight excluding hydrogens is 324 g/mol. The molecule has 19 heavy (non-hydrogen) atoms. The van der Waals surface area contributed by atoms with Gasteiger partial charge in [0, 0.05) is 22.3 Å². The number of hydrogen-bond acceptors (Lipinski definition) is 3. The number of ether oxygens (including phenoxy) is 1. The van der Waals surface area contributed by atoms with Gasteiger partial charge in [0.15, 0.2) is 0 Å². The first-order valence-corrected chi connectivity index (χ1v) is 7.84. The Labute approximate surface area is 127 Å². The van der Waals surface area contributed by atoms with E-state index in [0.717, 1.165) is 28.9 Å². The van der Waals surface area contributed by atoms with Crippen LogP contribution in [-0.4, -0.2) is 30.3 Å². The summed E-state index contributed by atoms with van der Waals surface area (Å²) in [6, 6.07) is 6.65. The third-order valence-electron chi connectivity index (χ3n) is 4.02. The fraction of sp³-hybridized carbons (Fsp3) is 0.500. The molecule has 1 aliphatic carbocycles.